The first-order chi connectivity index (χ1) is 4.42. The van der Waals surface area contributed by atoms with Gasteiger partial charge in [-0.3, -0.25) is 4.21 Å². The molecule has 0 saturated carbocycles. The topological polar surface area (TPSA) is 74.3 Å². The fourth-order valence-corrected chi connectivity index (χ4v) is 1.67. The molecule has 0 saturated heterocycles. The minimum absolute atomic E-state index is 0.0546. The molecule has 0 aromatic carbocycles. The molecule has 4 nitrogen and oxygen atoms in total. The summed E-state index contributed by atoms with van der Waals surface area (Å²) in [5, 5.41) is 0. The summed E-state index contributed by atoms with van der Waals surface area (Å²) >= 11 is -2.11. The van der Waals surface area contributed by atoms with Crippen LogP contribution in [0.3, 0.4) is 0 Å². The molecule has 10 heavy (non-hydrogen) atoms. The standard InChI is InChI=1S/C4H10O4S2/c1-10(7,8)4-2-3-9(5)6/h2-4H2,1H3,(H,5,6)/p-1. The lowest BCUT2D eigenvalue weighted by Crippen LogP contribution is -2.06. The van der Waals surface area contributed by atoms with E-state index in [1.807, 2.05) is 0 Å². The molecule has 0 aromatic heterocycles. The van der Waals surface area contributed by atoms with Gasteiger partial charge in [0.05, 0.1) is 5.75 Å². The highest BCUT2D eigenvalue weighted by atomic mass is 32.2. The van der Waals surface area contributed by atoms with Gasteiger partial charge in [0.2, 0.25) is 0 Å². The quantitative estimate of drug-likeness (QED) is 0.543. The smallest absolute Gasteiger partial charge is 0.147 e. The monoisotopic (exact) mass is 185 g/mol. The van der Waals surface area contributed by atoms with Crippen molar-refractivity contribution in [2.24, 2.45) is 0 Å². The van der Waals surface area contributed by atoms with Crippen LogP contribution in [0.4, 0.5) is 0 Å². The van der Waals surface area contributed by atoms with E-state index >= 15 is 0 Å². The maximum atomic E-state index is 10.4. The zero-order valence-electron chi connectivity index (χ0n) is 5.57. The Morgan fingerprint density at radius 2 is 2.00 bits per heavy atom. The van der Waals surface area contributed by atoms with Gasteiger partial charge in [0.1, 0.15) is 9.84 Å². The summed E-state index contributed by atoms with van der Waals surface area (Å²) in [7, 11) is -2.99. The highest BCUT2D eigenvalue weighted by Crippen LogP contribution is 1.89. The Kier molecular flexibility index (Phi) is 4.07. The Labute approximate surface area is 62.8 Å². The Morgan fingerprint density at radius 3 is 2.30 bits per heavy atom. The van der Waals surface area contributed by atoms with E-state index in [0.29, 0.717) is 0 Å². The normalized spacial score (nSPS) is 15.0. The maximum Gasteiger partial charge on any atom is 0.147 e. The van der Waals surface area contributed by atoms with Crippen molar-refractivity contribution in [2.45, 2.75) is 6.42 Å². The summed E-state index contributed by atoms with van der Waals surface area (Å²) in [6, 6.07) is 0. The van der Waals surface area contributed by atoms with E-state index in [-0.39, 0.29) is 17.9 Å². The lowest BCUT2D eigenvalue weighted by molar-refractivity contribution is 0.536. The van der Waals surface area contributed by atoms with Crippen LogP contribution in [-0.2, 0) is 20.9 Å². The highest BCUT2D eigenvalue weighted by molar-refractivity contribution is 7.90. The molecule has 0 aliphatic rings. The van der Waals surface area contributed by atoms with Gasteiger partial charge in [-0.2, -0.15) is 0 Å². The van der Waals surface area contributed by atoms with Crippen LogP contribution < -0.4 is 0 Å². The largest absolute Gasteiger partial charge is 0.772 e. The van der Waals surface area contributed by atoms with E-state index in [4.69, 9.17) is 0 Å². The molecule has 0 rings (SSSR count). The van der Waals surface area contributed by atoms with Crippen molar-refractivity contribution in [1.82, 2.24) is 0 Å². The van der Waals surface area contributed by atoms with Gasteiger partial charge in [0, 0.05) is 12.0 Å². The van der Waals surface area contributed by atoms with E-state index in [9.17, 15) is 17.2 Å². The average Bonchev–Trinajstić information content (AvgIpc) is 1.59. The minimum atomic E-state index is -2.99. The van der Waals surface area contributed by atoms with Crippen molar-refractivity contribution in [3.05, 3.63) is 0 Å². The fourth-order valence-electron chi connectivity index (χ4n) is 0.439. The van der Waals surface area contributed by atoms with Gasteiger partial charge in [-0.1, -0.05) is 11.1 Å². The SMILES string of the molecule is CS(=O)(=O)CCCS(=O)[O-]. The molecule has 0 heterocycles. The van der Waals surface area contributed by atoms with Crippen LogP contribution in [0.1, 0.15) is 6.42 Å². The fraction of sp³-hybridized carbons (Fsp3) is 1.00. The van der Waals surface area contributed by atoms with Gasteiger partial charge in [0.25, 0.3) is 0 Å². The van der Waals surface area contributed by atoms with Crippen molar-refractivity contribution in [3.8, 4) is 0 Å². The second kappa shape index (κ2) is 4.05. The van der Waals surface area contributed by atoms with Crippen LogP contribution in [0.5, 0.6) is 0 Å². The van der Waals surface area contributed by atoms with Gasteiger partial charge in [-0.25, -0.2) is 8.42 Å². The van der Waals surface area contributed by atoms with Gasteiger partial charge < -0.3 is 4.55 Å². The molecule has 0 amide bonds. The molecule has 62 valence electrons. The van der Waals surface area contributed by atoms with Crippen LogP contribution in [0, 0.1) is 0 Å². The Hall–Kier alpha value is 0.0600. The van der Waals surface area contributed by atoms with Crippen molar-refractivity contribution in [3.63, 3.8) is 0 Å². The van der Waals surface area contributed by atoms with E-state index in [0.717, 1.165) is 6.26 Å². The molecular formula is C4H9O4S2-. The molecule has 0 fully saturated rings. The molecule has 0 spiro atoms. The van der Waals surface area contributed by atoms with Gasteiger partial charge in [-0.05, 0) is 6.42 Å². The van der Waals surface area contributed by atoms with Crippen molar-refractivity contribution in [1.29, 1.82) is 0 Å². The Morgan fingerprint density at radius 1 is 1.50 bits per heavy atom. The first-order valence-electron chi connectivity index (χ1n) is 2.65. The Balaban J connectivity index is 3.49. The van der Waals surface area contributed by atoms with E-state index in [1.54, 1.807) is 0 Å². The number of hydrogen-bond donors (Lipinski definition) is 0. The summed E-state index contributed by atoms with van der Waals surface area (Å²) in [6.45, 7) is 0. The van der Waals surface area contributed by atoms with Crippen LogP contribution in [0.2, 0.25) is 0 Å². The van der Waals surface area contributed by atoms with Gasteiger partial charge >= 0.3 is 0 Å². The average molecular weight is 185 g/mol. The number of rotatable bonds is 4. The zero-order valence-corrected chi connectivity index (χ0v) is 7.20. The predicted molar refractivity (Wildman–Crippen MR) is 38.1 cm³/mol. The summed E-state index contributed by atoms with van der Waals surface area (Å²) in [6.07, 6.45) is 1.27. The Bertz CT molecular complexity index is 205. The molecule has 0 aliphatic heterocycles. The third-order valence-electron chi connectivity index (χ3n) is 0.826. The lowest BCUT2D eigenvalue weighted by Gasteiger charge is -2.02. The molecule has 1 atom stereocenters. The zero-order chi connectivity index (χ0) is 8.20. The van der Waals surface area contributed by atoms with Crippen molar-refractivity contribution in [2.75, 3.05) is 17.8 Å². The first kappa shape index (κ1) is 10.1. The summed E-state index contributed by atoms with van der Waals surface area (Å²) in [5.41, 5.74) is 0. The second-order valence-corrected chi connectivity index (χ2v) is 5.27. The van der Waals surface area contributed by atoms with Crippen molar-refractivity contribution < 1.29 is 17.2 Å². The first-order valence-corrected chi connectivity index (χ1v) is 5.96. The predicted octanol–water partition coefficient (Wildman–Crippen LogP) is -0.700. The third-order valence-corrected chi connectivity index (χ3v) is 2.48. The number of sulfone groups is 1. The van der Waals surface area contributed by atoms with Crippen LogP contribution >= 0.6 is 0 Å². The summed E-state index contributed by atoms with van der Waals surface area (Å²) in [5.74, 6) is -0.131. The van der Waals surface area contributed by atoms with Crippen LogP contribution in [0.15, 0.2) is 0 Å². The van der Waals surface area contributed by atoms with E-state index in [1.165, 1.54) is 0 Å². The molecule has 0 aliphatic carbocycles. The highest BCUT2D eigenvalue weighted by Gasteiger charge is 1.99. The van der Waals surface area contributed by atoms with Gasteiger partial charge in [0.15, 0.2) is 0 Å². The number of hydrogen-bond acceptors (Lipinski definition) is 4. The van der Waals surface area contributed by atoms with Gasteiger partial charge in [-0.15, -0.1) is 0 Å². The van der Waals surface area contributed by atoms with E-state index < -0.39 is 20.9 Å². The minimum Gasteiger partial charge on any atom is -0.772 e. The molecule has 0 bridgehead atoms. The lowest BCUT2D eigenvalue weighted by atomic mass is 10.6. The second-order valence-electron chi connectivity index (χ2n) is 1.99. The molecule has 6 heteroatoms. The molecule has 1 unspecified atom stereocenters. The molecule has 0 N–H and O–H groups in total. The van der Waals surface area contributed by atoms with Crippen LogP contribution in [-0.4, -0.2) is 34.9 Å². The molecule has 0 aromatic rings. The van der Waals surface area contributed by atoms with Crippen LogP contribution in [0.25, 0.3) is 0 Å². The summed E-state index contributed by atoms with van der Waals surface area (Å²) in [4.78, 5) is 0. The molecular weight excluding hydrogens is 176 g/mol. The van der Waals surface area contributed by atoms with E-state index in [2.05, 4.69) is 0 Å². The third kappa shape index (κ3) is 8.06. The summed E-state index contributed by atoms with van der Waals surface area (Å²) < 4.78 is 40.6. The maximum absolute atomic E-state index is 10.4. The molecule has 0 radical (unpaired) electrons. The van der Waals surface area contributed by atoms with Crippen molar-refractivity contribution >= 4 is 20.9 Å².